The van der Waals surface area contributed by atoms with Crippen LogP contribution in [0.2, 0.25) is 0 Å². The molecule has 0 atom stereocenters. The van der Waals surface area contributed by atoms with Crippen molar-refractivity contribution >= 4 is 59.8 Å². The number of fused-ring (bicyclic) bond motifs is 7. The van der Waals surface area contributed by atoms with Crippen LogP contribution in [-0.2, 0) is 7.05 Å². The van der Waals surface area contributed by atoms with Gasteiger partial charge in [-0.1, -0.05) is 48.5 Å². The summed E-state index contributed by atoms with van der Waals surface area (Å²) in [6, 6.07) is 24.7. The van der Waals surface area contributed by atoms with Crippen molar-refractivity contribution in [3.63, 3.8) is 0 Å². The van der Waals surface area contributed by atoms with Crippen molar-refractivity contribution in [2.45, 2.75) is 13.8 Å². The van der Waals surface area contributed by atoms with E-state index in [-0.39, 0.29) is 0 Å². The average molecular weight is 385 g/mol. The van der Waals surface area contributed by atoms with Crippen molar-refractivity contribution in [2.24, 2.45) is 7.05 Å². The van der Waals surface area contributed by atoms with Crippen molar-refractivity contribution in [1.82, 2.24) is 4.40 Å². The maximum absolute atomic E-state index is 2.52. The zero-order valence-electron chi connectivity index (χ0n) is 17.3. The van der Waals surface area contributed by atoms with Crippen LogP contribution in [0.25, 0.3) is 59.8 Å². The monoisotopic (exact) mass is 385 g/mol. The fourth-order valence-corrected chi connectivity index (χ4v) is 5.72. The average Bonchev–Trinajstić information content (AvgIpc) is 3.11. The third-order valence-electron chi connectivity index (χ3n) is 7.03. The molecule has 0 N–H and O–H groups in total. The van der Waals surface area contributed by atoms with E-state index in [1.54, 1.807) is 0 Å². The molecule has 7 aromatic rings. The molecule has 0 saturated heterocycles. The van der Waals surface area contributed by atoms with Crippen LogP contribution in [-0.4, -0.2) is 4.40 Å². The Labute approximate surface area is 173 Å². The quantitative estimate of drug-likeness (QED) is 0.158. The van der Waals surface area contributed by atoms with E-state index in [9.17, 15) is 0 Å². The van der Waals surface area contributed by atoms with E-state index in [2.05, 4.69) is 103 Å². The van der Waals surface area contributed by atoms with Gasteiger partial charge in [0.1, 0.15) is 7.05 Å². The van der Waals surface area contributed by atoms with Crippen molar-refractivity contribution in [3.05, 3.63) is 84.1 Å². The largest absolute Gasteiger partial charge is 0.307 e. The molecule has 142 valence electrons. The lowest BCUT2D eigenvalue weighted by Gasteiger charge is -2.14. The zero-order chi connectivity index (χ0) is 20.1. The van der Waals surface area contributed by atoms with Gasteiger partial charge in [-0.25, -0.2) is 4.57 Å². The van der Waals surface area contributed by atoms with Crippen molar-refractivity contribution < 1.29 is 4.57 Å². The number of rotatable bonds is 0. The number of aromatic nitrogens is 2. The minimum absolute atomic E-state index is 1.29. The third-order valence-corrected chi connectivity index (χ3v) is 7.03. The smallest absolute Gasteiger partial charge is 0.224 e. The van der Waals surface area contributed by atoms with Gasteiger partial charge in [0.05, 0.1) is 27.3 Å². The summed E-state index contributed by atoms with van der Waals surface area (Å²) < 4.78 is 4.82. The second kappa shape index (κ2) is 5.28. The van der Waals surface area contributed by atoms with Crippen molar-refractivity contribution in [3.8, 4) is 0 Å². The van der Waals surface area contributed by atoms with Gasteiger partial charge in [-0.05, 0) is 53.3 Å². The van der Waals surface area contributed by atoms with E-state index < -0.39 is 0 Å². The Morgan fingerprint density at radius 1 is 0.700 bits per heavy atom. The first-order valence-corrected chi connectivity index (χ1v) is 10.5. The van der Waals surface area contributed by atoms with E-state index in [1.165, 1.54) is 70.9 Å². The lowest BCUT2D eigenvalue weighted by molar-refractivity contribution is -0.643. The Morgan fingerprint density at radius 2 is 1.57 bits per heavy atom. The summed E-state index contributed by atoms with van der Waals surface area (Å²) in [5.41, 5.74) is 7.93. The van der Waals surface area contributed by atoms with Gasteiger partial charge < -0.3 is 4.40 Å². The normalized spacial score (nSPS) is 12.5. The van der Waals surface area contributed by atoms with E-state index in [4.69, 9.17) is 0 Å². The van der Waals surface area contributed by atoms with Crippen LogP contribution in [0.3, 0.4) is 0 Å². The molecule has 30 heavy (non-hydrogen) atoms. The van der Waals surface area contributed by atoms with Gasteiger partial charge in [-0.2, -0.15) is 0 Å². The number of hydrogen-bond donors (Lipinski definition) is 0. The molecule has 3 heterocycles. The highest BCUT2D eigenvalue weighted by atomic mass is 15.0. The molecule has 3 aromatic heterocycles. The molecule has 0 aliphatic carbocycles. The molecule has 0 radical (unpaired) electrons. The topological polar surface area (TPSA) is 8.29 Å². The van der Waals surface area contributed by atoms with Crippen LogP contribution < -0.4 is 4.57 Å². The highest BCUT2D eigenvalue weighted by molar-refractivity contribution is 6.28. The summed E-state index contributed by atoms with van der Waals surface area (Å²) >= 11 is 0. The van der Waals surface area contributed by atoms with Gasteiger partial charge in [0.25, 0.3) is 0 Å². The van der Waals surface area contributed by atoms with E-state index in [1.807, 2.05) is 0 Å². The molecule has 0 aliphatic heterocycles. The van der Waals surface area contributed by atoms with Crippen molar-refractivity contribution in [2.75, 3.05) is 0 Å². The second-order valence-corrected chi connectivity index (χ2v) is 8.62. The first-order chi connectivity index (χ1) is 14.6. The minimum atomic E-state index is 1.29. The zero-order valence-corrected chi connectivity index (χ0v) is 17.3. The Balaban J connectivity index is 1.99. The van der Waals surface area contributed by atoms with Crippen LogP contribution >= 0.6 is 0 Å². The maximum Gasteiger partial charge on any atom is 0.224 e. The standard InChI is InChI=1S/C28H21N2/c1-16-7-6-10-22-24(16)21-12-11-18-13-14-29(3)28-25-17(2)20-9-5-4-8-19(20)15-23(25)30(22)27(21)26(18)28/h4-15H,1-3H3/q+1. The molecule has 2 nitrogen and oxygen atoms in total. The summed E-state index contributed by atoms with van der Waals surface area (Å²) in [6.45, 7) is 4.51. The fourth-order valence-electron chi connectivity index (χ4n) is 5.72. The molecule has 2 heteroatoms. The molecule has 0 aliphatic rings. The number of hydrogen-bond acceptors (Lipinski definition) is 0. The van der Waals surface area contributed by atoms with Crippen molar-refractivity contribution in [1.29, 1.82) is 0 Å². The lowest BCUT2D eigenvalue weighted by atomic mass is 9.96. The Bertz CT molecular complexity index is 1820. The molecular formula is C28H21N2+. The molecule has 4 aromatic carbocycles. The minimum Gasteiger partial charge on any atom is -0.307 e. The number of benzene rings is 4. The lowest BCUT2D eigenvalue weighted by Crippen LogP contribution is -2.28. The first-order valence-electron chi connectivity index (χ1n) is 10.5. The van der Waals surface area contributed by atoms with Crippen LogP contribution in [0.4, 0.5) is 0 Å². The Hall–Kier alpha value is -3.65. The van der Waals surface area contributed by atoms with Gasteiger partial charge in [-0.15, -0.1) is 0 Å². The first kappa shape index (κ1) is 16.2. The molecule has 0 spiro atoms. The summed E-state index contributed by atoms with van der Waals surface area (Å²) in [5.74, 6) is 0. The Kier molecular flexibility index (Phi) is 2.85. The molecule has 0 amide bonds. The van der Waals surface area contributed by atoms with Gasteiger partial charge in [0, 0.05) is 16.8 Å². The van der Waals surface area contributed by atoms with Crippen LogP contribution in [0, 0.1) is 13.8 Å². The highest BCUT2D eigenvalue weighted by Gasteiger charge is 2.24. The van der Waals surface area contributed by atoms with Gasteiger partial charge in [0.2, 0.25) is 5.52 Å². The summed E-state index contributed by atoms with van der Waals surface area (Å²) in [7, 11) is 2.18. The highest BCUT2D eigenvalue weighted by Crippen LogP contribution is 2.42. The van der Waals surface area contributed by atoms with E-state index in [0.717, 1.165) is 0 Å². The fraction of sp³-hybridized carbons (Fsp3) is 0.107. The van der Waals surface area contributed by atoms with Gasteiger partial charge >= 0.3 is 0 Å². The van der Waals surface area contributed by atoms with Gasteiger partial charge in [0.15, 0.2) is 6.20 Å². The van der Waals surface area contributed by atoms with Gasteiger partial charge in [-0.3, -0.25) is 0 Å². The van der Waals surface area contributed by atoms with Crippen LogP contribution in [0.15, 0.2) is 72.9 Å². The number of nitrogens with zero attached hydrogens (tertiary/aromatic N) is 2. The predicted molar refractivity (Wildman–Crippen MR) is 127 cm³/mol. The molecular weight excluding hydrogens is 364 g/mol. The third kappa shape index (κ3) is 1.74. The summed E-state index contributed by atoms with van der Waals surface area (Å²) in [6.07, 6.45) is 2.20. The maximum atomic E-state index is 2.52. The Morgan fingerprint density at radius 3 is 2.47 bits per heavy atom. The molecule has 7 rings (SSSR count). The second-order valence-electron chi connectivity index (χ2n) is 8.62. The van der Waals surface area contributed by atoms with E-state index >= 15 is 0 Å². The molecule has 0 fully saturated rings. The molecule has 0 unspecified atom stereocenters. The predicted octanol–water partition coefficient (Wildman–Crippen LogP) is 6.58. The molecule has 0 saturated carbocycles. The molecule has 0 bridgehead atoms. The summed E-state index contributed by atoms with van der Waals surface area (Å²) in [5, 5.41) is 9.35. The summed E-state index contributed by atoms with van der Waals surface area (Å²) in [4.78, 5) is 0. The SMILES string of the molecule is Cc1cccc2c1c1ccc3cc[n+](C)c4c5c(C)c6ccccc6cc5n2c1c34. The number of aryl methyl sites for hydroxylation is 3. The van der Waals surface area contributed by atoms with Crippen LogP contribution in [0.5, 0.6) is 0 Å². The number of pyridine rings is 2. The van der Waals surface area contributed by atoms with E-state index in [0.29, 0.717) is 0 Å². The van der Waals surface area contributed by atoms with Crippen LogP contribution in [0.1, 0.15) is 11.1 Å².